The highest BCUT2D eigenvalue weighted by Crippen LogP contribution is 2.10. The molecule has 0 radical (unpaired) electrons. The monoisotopic (exact) mass is 288 g/mol. The molecule has 2 nitrogen and oxygen atoms in total. The van der Waals surface area contributed by atoms with E-state index in [4.69, 9.17) is 0 Å². The molecule has 0 bridgehead atoms. The second kappa shape index (κ2) is 9.76. The first-order valence-electron chi connectivity index (χ1n) is 6.17. The van der Waals surface area contributed by atoms with Gasteiger partial charge in [-0.2, -0.15) is 0 Å². The van der Waals surface area contributed by atoms with Gasteiger partial charge in [0.25, 0.3) is 0 Å². The average Bonchev–Trinajstić information content (AvgIpc) is 2.71. The van der Waals surface area contributed by atoms with Crippen molar-refractivity contribution in [1.29, 1.82) is 0 Å². The smallest absolute Gasteiger partial charge is 0.0935 e. The lowest BCUT2D eigenvalue weighted by molar-refractivity contribution is 0.307. The Balaban J connectivity index is 0.00000225. The Morgan fingerprint density at radius 2 is 1.81 bits per heavy atom. The summed E-state index contributed by atoms with van der Waals surface area (Å²) in [7, 11) is 0. The van der Waals surface area contributed by atoms with Gasteiger partial charge in [0.15, 0.2) is 0 Å². The largest absolute Gasteiger partial charge is 0.358 e. The van der Waals surface area contributed by atoms with E-state index in [0.717, 1.165) is 6.67 Å². The van der Waals surface area contributed by atoms with E-state index in [1.165, 1.54) is 45.1 Å². The molecule has 0 saturated carbocycles. The molecule has 3 heteroatoms. The number of halogens is 1. The first-order valence-corrected chi connectivity index (χ1v) is 6.17. The number of hydrogen-bond donors (Lipinski definition) is 0. The molecule has 1 rings (SSSR count). The quantitative estimate of drug-likeness (QED) is 0.620. The molecule has 94 valence electrons. The highest BCUT2D eigenvalue weighted by molar-refractivity contribution is 8.93. The predicted octanol–water partition coefficient (Wildman–Crippen LogP) is 4.11. The summed E-state index contributed by atoms with van der Waals surface area (Å²) in [6.45, 7) is 8.19. The molecule has 1 aliphatic rings. The van der Waals surface area contributed by atoms with Crippen LogP contribution in [0.15, 0.2) is 25.2 Å². The molecule has 0 aliphatic carbocycles. The summed E-state index contributed by atoms with van der Waals surface area (Å²) in [5.74, 6) is 0. The second-order valence-electron chi connectivity index (χ2n) is 4.22. The van der Waals surface area contributed by atoms with E-state index in [9.17, 15) is 0 Å². The molecular weight excluding hydrogens is 264 g/mol. The molecule has 0 N–H and O–H groups in total. The van der Waals surface area contributed by atoms with Crippen LogP contribution < -0.4 is 0 Å². The van der Waals surface area contributed by atoms with Crippen LogP contribution in [-0.4, -0.2) is 23.0 Å². The Morgan fingerprint density at radius 3 is 2.44 bits per heavy atom. The number of hydrogen-bond acceptors (Lipinski definition) is 2. The van der Waals surface area contributed by atoms with Crippen molar-refractivity contribution in [2.45, 2.75) is 45.4 Å². The molecule has 1 heterocycles. The minimum Gasteiger partial charge on any atom is -0.358 e. The van der Waals surface area contributed by atoms with Gasteiger partial charge in [-0.3, -0.25) is 0 Å². The molecule has 0 amide bonds. The van der Waals surface area contributed by atoms with Gasteiger partial charge in [-0.25, -0.2) is 0 Å². The van der Waals surface area contributed by atoms with Crippen LogP contribution in [0.3, 0.4) is 0 Å². The Labute approximate surface area is 111 Å². The summed E-state index contributed by atoms with van der Waals surface area (Å²) in [5, 5.41) is 0. The van der Waals surface area contributed by atoms with Gasteiger partial charge in [-0.05, 0) is 12.6 Å². The molecule has 16 heavy (non-hydrogen) atoms. The molecule has 0 aromatic rings. The van der Waals surface area contributed by atoms with E-state index in [-0.39, 0.29) is 17.0 Å². The Hall–Kier alpha value is -0.440. The normalized spacial score (nSPS) is 14.1. The SMILES string of the molecule is Br.C=CN1C=CN(CCCCCCCC)C1. The van der Waals surface area contributed by atoms with E-state index in [0.29, 0.717) is 0 Å². The maximum absolute atomic E-state index is 3.76. The molecule has 0 aromatic heterocycles. The first-order chi connectivity index (χ1) is 7.36. The van der Waals surface area contributed by atoms with E-state index in [1.807, 2.05) is 6.20 Å². The third-order valence-corrected chi connectivity index (χ3v) is 2.85. The maximum atomic E-state index is 3.76. The topological polar surface area (TPSA) is 6.48 Å². The van der Waals surface area contributed by atoms with Gasteiger partial charge >= 0.3 is 0 Å². The zero-order valence-corrected chi connectivity index (χ0v) is 12.1. The summed E-state index contributed by atoms with van der Waals surface area (Å²) in [4.78, 5) is 4.46. The summed E-state index contributed by atoms with van der Waals surface area (Å²) in [6.07, 6.45) is 14.4. The average molecular weight is 289 g/mol. The van der Waals surface area contributed by atoms with Crippen LogP contribution in [0.25, 0.3) is 0 Å². The lowest BCUT2D eigenvalue weighted by Gasteiger charge is -2.18. The highest BCUT2D eigenvalue weighted by atomic mass is 79.9. The lowest BCUT2D eigenvalue weighted by Crippen LogP contribution is -2.22. The lowest BCUT2D eigenvalue weighted by atomic mass is 10.1. The van der Waals surface area contributed by atoms with Gasteiger partial charge in [0.2, 0.25) is 0 Å². The van der Waals surface area contributed by atoms with Gasteiger partial charge in [-0.1, -0.05) is 45.6 Å². The van der Waals surface area contributed by atoms with E-state index >= 15 is 0 Å². The third kappa shape index (κ3) is 6.21. The van der Waals surface area contributed by atoms with Crippen LogP contribution in [0.2, 0.25) is 0 Å². The zero-order chi connectivity index (χ0) is 10.9. The van der Waals surface area contributed by atoms with Crippen molar-refractivity contribution in [2.75, 3.05) is 13.2 Å². The van der Waals surface area contributed by atoms with E-state index < -0.39 is 0 Å². The van der Waals surface area contributed by atoms with Gasteiger partial charge < -0.3 is 9.80 Å². The standard InChI is InChI=1S/C13H24N2.BrH/c1-3-5-6-7-8-9-10-15-12-11-14(4-2)13-15;/h4,11-12H,2-3,5-10,13H2,1H3;1H. The first kappa shape index (κ1) is 15.6. The van der Waals surface area contributed by atoms with Crippen LogP contribution in [0.5, 0.6) is 0 Å². The van der Waals surface area contributed by atoms with Crippen molar-refractivity contribution in [3.8, 4) is 0 Å². The summed E-state index contributed by atoms with van der Waals surface area (Å²) in [5.41, 5.74) is 0. The molecule has 0 atom stereocenters. The molecule has 0 unspecified atom stereocenters. The number of rotatable bonds is 8. The van der Waals surface area contributed by atoms with Crippen LogP contribution in [0.1, 0.15) is 45.4 Å². The van der Waals surface area contributed by atoms with Crippen molar-refractivity contribution in [2.24, 2.45) is 0 Å². The van der Waals surface area contributed by atoms with Gasteiger partial charge in [0, 0.05) is 18.9 Å². The van der Waals surface area contributed by atoms with Gasteiger partial charge in [-0.15, -0.1) is 17.0 Å². The van der Waals surface area contributed by atoms with Crippen molar-refractivity contribution in [3.63, 3.8) is 0 Å². The van der Waals surface area contributed by atoms with Crippen molar-refractivity contribution in [1.82, 2.24) is 9.80 Å². The van der Waals surface area contributed by atoms with Crippen LogP contribution in [0.4, 0.5) is 0 Å². The van der Waals surface area contributed by atoms with Crippen molar-refractivity contribution < 1.29 is 0 Å². The van der Waals surface area contributed by atoms with Crippen LogP contribution >= 0.6 is 17.0 Å². The summed E-state index contributed by atoms with van der Waals surface area (Å²) < 4.78 is 0. The van der Waals surface area contributed by atoms with Crippen molar-refractivity contribution in [3.05, 3.63) is 25.2 Å². The Morgan fingerprint density at radius 1 is 1.12 bits per heavy atom. The molecule has 0 aromatic carbocycles. The molecule has 1 aliphatic heterocycles. The fourth-order valence-electron chi connectivity index (χ4n) is 1.84. The number of unbranched alkanes of at least 4 members (excludes halogenated alkanes) is 5. The van der Waals surface area contributed by atoms with Crippen LogP contribution in [0, 0.1) is 0 Å². The predicted molar refractivity (Wildman–Crippen MR) is 76.4 cm³/mol. The Bertz CT molecular complexity index is 204. The molecule has 0 fully saturated rings. The van der Waals surface area contributed by atoms with E-state index in [2.05, 4.69) is 35.7 Å². The van der Waals surface area contributed by atoms with Crippen LogP contribution in [-0.2, 0) is 0 Å². The number of nitrogens with zero attached hydrogens (tertiary/aromatic N) is 2. The van der Waals surface area contributed by atoms with E-state index in [1.54, 1.807) is 0 Å². The van der Waals surface area contributed by atoms with Gasteiger partial charge in [0.05, 0.1) is 6.67 Å². The minimum absolute atomic E-state index is 0. The molecule has 0 saturated heterocycles. The fraction of sp³-hybridized carbons (Fsp3) is 0.692. The highest BCUT2D eigenvalue weighted by Gasteiger charge is 2.07. The summed E-state index contributed by atoms with van der Waals surface area (Å²) in [6, 6.07) is 0. The maximum Gasteiger partial charge on any atom is 0.0935 e. The Kier molecular flexibility index (Phi) is 9.49. The third-order valence-electron chi connectivity index (χ3n) is 2.85. The molecule has 0 spiro atoms. The van der Waals surface area contributed by atoms with Crippen molar-refractivity contribution >= 4 is 17.0 Å². The summed E-state index contributed by atoms with van der Waals surface area (Å²) >= 11 is 0. The zero-order valence-electron chi connectivity index (χ0n) is 10.4. The second-order valence-corrected chi connectivity index (χ2v) is 4.22. The fourth-order valence-corrected chi connectivity index (χ4v) is 1.84. The molecular formula is C13H25BrN2. The van der Waals surface area contributed by atoms with Gasteiger partial charge in [0.1, 0.15) is 0 Å². The minimum atomic E-state index is 0.